The monoisotopic (exact) mass is 568 g/mol. The van der Waals surface area contributed by atoms with E-state index in [0.29, 0.717) is 24.8 Å². The summed E-state index contributed by atoms with van der Waals surface area (Å²) in [7, 11) is 0. The quantitative estimate of drug-likeness (QED) is 0.257. The minimum Gasteiger partial charge on any atom is -0.478 e. The number of carbonyl (C=O) groups excluding carboxylic acids is 4. The first-order chi connectivity index (χ1) is 19.0. The molecular weight excluding hydrogens is 524 g/mol. The van der Waals surface area contributed by atoms with Crippen molar-refractivity contribution >= 4 is 29.5 Å². The van der Waals surface area contributed by atoms with Crippen molar-refractivity contribution in [3.63, 3.8) is 0 Å². The number of hydrogen-bond acceptors (Lipinski definition) is 7. The van der Waals surface area contributed by atoms with Crippen LogP contribution in [0.15, 0.2) is 34.9 Å². The predicted molar refractivity (Wildman–Crippen MR) is 151 cm³/mol. The van der Waals surface area contributed by atoms with Crippen LogP contribution in [0, 0.1) is 39.9 Å². The van der Waals surface area contributed by atoms with Crippen LogP contribution in [-0.2, 0) is 33.4 Å². The van der Waals surface area contributed by atoms with Crippen molar-refractivity contribution in [2.24, 2.45) is 39.9 Å². The lowest BCUT2D eigenvalue weighted by molar-refractivity contribution is -0.207. The lowest BCUT2D eigenvalue weighted by Gasteiger charge is -2.66. The van der Waals surface area contributed by atoms with E-state index in [-0.39, 0.29) is 41.8 Å². The molecule has 3 fully saturated rings. The molecule has 6 unspecified atom stereocenters. The Bertz CT molecular complexity index is 1270. The molecule has 0 spiro atoms. The highest BCUT2D eigenvalue weighted by Crippen LogP contribution is 2.73. The average molecular weight is 569 g/mol. The van der Waals surface area contributed by atoms with Gasteiger partial charge in [-0.2, -0.15) is 0 Å². The Kier molecular flexibility index (Phi) is 8.04. The van der Waals surface area contributed by atoms with Crippen molar-refractivity contribution in [2.45, 2.75) is 99.7 Å². The molecule has 0 aromatic heterocycles. The van der Waals surface area contributed by atoms with Gasteiger partial charge in [-0.05, 0) is 80.3 Å². The molecule has 224 valence electrons. The van der Waals surface area contributed by atoms with E-state index in [1.54, 1.807) is 13.0 Å². The molecule has 0 saturated heterocycles. The molecule has 4 aliphatic carbocycles. The van der Waals surface area contributed by atoms with Gasteiger partial charge in [-0.25, -0.2) is 4.79 Å². The van der Waals surface area contributed by atoms with E-state index in [2.05, 4.69) is 6.92 Å². The van der Waals surface area contributed by atoms with Gasteiger partial charge in [0.1, 0.15) is 6.10 Å². The first-order valence-corrected chi connectivity index (χ1v) is 14.7. The molecule has 0 heterocycles. The lowest BCUT2D eigenvalue weighted by Crippen LogP contribution is -2.69. The van der Waals surface area contributed by atoms with Crippen LogP contribution in [0.2, 0.25) is 0 Å². The Hall–Kier alpha value is -3.03. The summed E-state index contributed by atoms with van der Waals surface area (Å²) >= 11 is 0. The second kappa shape index (κ2) is 10.7. The van der Waals surface area contributed by atoms with Gasteiger partial charge in [0.15, 0.2) is 17.7 Å². The van der Waals surface area contributed by atoms with Crippen LogP contribution in [0.4, 0.5) is 0 Å². The maximum absolute atomic E-state index is 14.7. The van der Waals surface area contributed by atoms with Gasteiger partial charge in [-0.15, -0.1) is 0 Å². The molecule has 9 atom stereocenters. The van der Waals surface area contributed by atoms with E-state index in [1.807, 2.05) is 39.8 Å². The van der Waals surface area contributed by atoms with Gasteiger partial charge in [0.05, 0.1) is 0 Å². The summed E-state index contributed by atoms with van der Waals surface area (Å²) in [6.07, 6.45) is 5.95. The molecule has 4 aliphatic rings. The number of ether oxygens (including phenoxy) is 2. The summed E-state index contributed by atoms with van der Waals surface area (Å²) < 4.78 is 11.6. The highest BCUT2D eigenvalue weighted by Gasteiger charge is 2.74. The highest BCUT2D eigenvalue weighted by atomic mass is 16.5. The van der Waals surface area contributed by atoms with Gasteiger partial charge >= 0.3 is 17.9 Å². The summed E-state index contributed by atoms with van der Waals surface area (Å²) in [4.78, 5) is 64.9. The summed E-state index contributed by atoms with van der Waals surface area (Å²) in [5.74, 6) is -3.98. The molecule has 0 amide bonds. The van der Waals surface area contributed by atoms with Crippen molar-refractivity contribution < 1.29 is 38.6 Å². The van der Waals surface area contributed by atoms with Gasteiger partial charge < -0.3 is 14.6 Å². The molecule has 0 bridgehead atoms. The maximum atomic E-state index is 14.7. The van der Waals surface area contributed by atoms with Crippen molar-refractivity contribution in [1.82, 2.24) is 0 Å². The van der Waals surface area contributed by atoms with Crippen LogP contribution in [0.25, 0.3) is 0 Å². The minimum absolute atomic E-state index is 0.0931. The number of rotatable bonds is 6. The van der Waals surface area contributed by atoms with Gasteiger partial charge in [0.2, 0.25) is 0 Å². The fourth-order valence-corrected chi connectivity index (χ4v) is 9.19. The fourth-order valence-electron chi connectivity index (χ4n) is 9.19. The molecule has 8 nitrogen and oxygen atoms in total. The Balaban J connectivity index is 1.93. The van der Waals surface area contributed by atoms with Crippen LogP contribution in [0.3, 0.4) is 0 Å². The minimum atomic E-state index is -1.12. The van der Waals surface area contributed by atoms with Crippen molar-refractivity contribution in [2.75, 3.05) is 0 Å². The van der Waals surface area contributed by atoms with E-state index < -0.39 is 58.2 Å². The third-order valence-electron chi connectivity index (χ3n) is 11.0. The zero-order valence-corrected chi connectivity index (χ0v) is 25.5. The van der Waals surface area contributed by atoms with Gasteiger partial charge in [-0.1, -0.05) is 45.4 Å². The van der Waals surface area contributed by atoms with Crippen LogP contribution < -0.4 is 0 Å². The smallest absolute Gasteiger partial charge is 0.331 e. The first-order valence-electron chi connectivity index (χ1n) is 14.7. The van der Waals surface area contributed by atoms with Gasteiger partial charge in [-0.3, -0.25) is 19.2 Å². The number of allylic oxidation sites excluding steroid dienone is 4. The number of Topliss-reactive ketones (excluding diaryl/α,β-unsaturated/α-hetero) is 1. The third kappa shape index (κ3) is 4.71. The Labute approximate surface area is 242 Å². The summed E-state index contributed by atoms with van der Waals surface area (Å²) in [5, 5.41) is 10.4. The van der Waals surface area contributed by atoms with E-state index in [0.717, 1.165) is 5.57 Å². The van der Waals surface area contributed by atoms with E-state index in [1.165, 1.54) is 13.8 Å². The largest absolute Gasteiger partial charge is 0.478 e. The Morgan fingerprint density at radius 1 is 1.02 bits per heavy atom. The number of fused-ring (bicyclic) bond motifs is 5. The van der Waals surface area contributed by atoms with Gasteiger partial charge in [0, 0.05) is 36.7 Å². The fraction of sp³-hybridized carbons (Fsp3) is 0.667. The maximum Gasteiger partial charge on any atom is 0.331 e. The second-order valence-corrected chi connectivity index (χ2v) is 13.5. The number of carboxylic acids is 1. The topological polar surface area (TPSA) is 124 Å². The summed E-state index contributed by atoms with van der Waals surface area (Å²) in [6.45, 7) is 14.3. The molecule has 0 aromatic carbocycles. The molecular formula is C33H44O8. The average Bonchev–Trinajstić information content (AvgIpc) is 3.14. The summed E-state index contributed by atoms with van der Waals surface area (Å²) in [6, 6.07) is 0. The number of carboxylic acid groups (broad SMARTS) is 1. The van der Waals surface area contributed by atoms with Crippen LogP contribution in [0.1, 0.15) is 87.5 Å². The molecule has 8 heteroatoms. The number of ketones is 2. The lowest BCUT2D eigenvalue weighted by atomic mass is 9.37. The Morgan fingerprint density at radius 2 is 1.66 bits per heavy atom. The zero-order valence-electron chi connectivity index (χ0n) is 25.5. The molecule has 0 aliphatic heterocycles. The Morgan fingerprint density at radius 3 is 2.22 bits per heavy atom. The first kappa shape index (κ1) is 30.9. The molecule has 41 heavy (non-hydrogen) atoms. The summed E-state index contributed by atoms with van der Waals surface area (Å²) in [5.41, 5.74) is -0.526. The molecule has 1 N–H and O–H groups in total. The van der Waals surface area contributed by atoms with E-state index in [9.17, 15) is 29.1 Å². The number of hydrogen-bond donors (Lipinski definition) is 1. The van der Waals surface area contributed by atoms with E-state index >= 15 is 0 Å². The highest BCUT2D eigenvalue weighted by molar-refractivity contribution is 5.98. The number of esters is 2. The second-order valence-electron chi connectivity index (χ2n) is 13.5. The van der Waals surface area contributed by atoms with Crippen LogP contribution >= 0.6 is 0 Å². The van der Waals surface area contributed by atoms with Crippen LogP contribution in [0.5, 0.6) is 0 Å². The van der Waals surface area contributed by atoms with Crippen molar-refractivity contribution in [1.29, 1.82) is 0 Å². The molecule has 0 radical (unpaired) electrons. The standard InChI is InChI=1S/C33H44O8/c1-17(2)10-9-11-21(30(38)39)26-22-12-13-25-31(6)15-14-23(36)18(3)27(31)28(41-20(5)35)29(37)33(25,8)32(22,7)16-24(26)40-19(4)34/h10,14-15,18,22,24-25,27-28H,9,11-13,16H2,1-8H3,(H,38,39)/t18?,22?,24?,25?,27?,28?,31-,32+,33-/m1/s1. The van der Waals surface area contributed by atoms with Crippen molar-refractivity contribution in [3.05, 3.63) is 34.9 Å². The zero-order chi connectivity index (χ0) is 30.7. The van der Waals surface area contributed by atoms with Crippen molar-refractivity contribution in [3.8, 4) is 0 Å². The predicted octanol–water partition coefficient (Wildman–Crippen LogP) is 5.40. The molecule has 4 rings (SSSR count). The van der Waals surface area contributed by atoms with Gasteiger partial charge in [0.25, 0.3) is 0 Å². The van der Waals surface area contributed by atoms with E-state index in [4.69, 9.17) is 9.47 Å². The number of aliphatic carboxylic acids is 1. The SMILES string of the molecule is CC(=O)OC1C[C@@]2(C)C(CCC3[C@@]4(C)C=CC(=O)C(C)C4C(OC(C)=O)C(=O)[C@@]32C)C1=C(CCC=C(C)C)C(=O)O. The van der Waals surface area contributed by atoms with Crippen LogP contribution in [-0.4, -0.2) is 46.8 Å². The normalized spacial score (nSPS) is 40.6. The third-order valence-corrected chi connectivity index (χ3v) is 11.0. The number of carbonyl (C=O) groups is 5. The molecule has 0 aromatic rings. The molecule has 3 saturated carbocycles.